The maximum absolute atomic E-state index is 11.9. The van der Waals surface area contributed by atoms with Gasteiger partial charge in [0.1, 0.15) is 0 Å². The fourth-order valence-corrected chi connectivity index (χ4v) is 7.04. The number of aliphatic hydroxyl groups excluding tert-OH is 2. The van der Waals surface area contributed by atoms with Crippen molar-refractivity contribution in [3.05, 3.63) is 12.2 Å². The first kappa shape index (κ1) is 19.8. The second-order valence-corrected chi connectivity index (χ2v) is 10.1. The van der Waals surface area contributed by atoms with Gasteiger partial charge in [-0.1, -0.05) is 32.9 Å². The molecule has 2 aliphatic carbocycles. The smallest absolute Gasteiger partial charge is 0.232 e. The number of hydrogen-bond donors (Lipinski definition) is 3. The quantitative estimate of drug-likeness (QED) is 0.396. The number of imide groups is 1. The highest BCUT2D eigenvalue weighted by Gasteiger charge is 2.58. The third-order valence-corrected chi connectivity index (χ3v) is 7.36. The lowest BCUT2D eigenvalue weighted by Gasteiger charge is -2.60. The van der Waals surface area contributed by atoms with Crippen molar-refractivity contribution in [2.75, 3.05) is 0 Å². The Morgan fingerprint density at radius 1 is 1.27 bits per heavy atom. The van der Waals surface area contributed by atoms with Gasteiger partial charge >= 0.3 is 0 Å². The van der Waals surface area contributed by atoms with Crippen LogP contribution in [0.25, 0.3) is 0 Å². The standard InChI is InChI=1S/C20H30ClNO4/c1-10-5-15(24)17-19(2,3)8-11(21)9-20(17,4)13(10)7-14(23)12-6-16(25)22-18(12)26/h11-15,17,23-24H,1,5-9H2,2-4H3,(H,22,25,26)/t11-,12+,13-,14-,15+,17-,20+/m0/s1. The summed E-state index contributed by atoms with van der Waals surface area (Å²) in [7, 11) is 0. The Balaban J connectivity index is 1.88. The SMILES string of the molecule is C=C1C[C@@H](O)[C@H]2C(C)(C)C[C@H](Cl)C[C@]2(C)[C@H]1C[C@H](O)[C@H]1CC(=O)NC1=O. The molecule has 3 N–H and O–H groups in total. The molecule has 0 spiro atoms. The van der Waals surface area contributed by atoms with E-state index in [0.717, 1.165) is 18.4 Å². The van der Waals surface area contributed by atoms with Gasteiger partial charge in [-0.2, -0.15) is 0 Å². The van der Waals surface area contributed by atoms with E-state index in [4.69, 9.17) is 11.6 Å². The van der Waals surface area contributed by atoms with Gasteiger partial charge in [-0.05, 0) is 48.3 Å². The fraction of sp³-hybridized carbons (Fsp3) is 0.800. The van der Waals surface area contributed by atoms with Gasteiger partial charge in [0.05, 0.1) is 18.1 Å². The van der Waals surface area contributed by atoms with Crippen LogP contribution in [-0.4, -0.2) is 39.6 Å². The Morgan fingerprint density at radius 3 is 2.50 bits per heavy atom. The van der Waals surface area contributed by atoms with E-state index in [1.54, 1.807) is 0 Å². The number of nitrogens with one attached hydrogen (secondary N) is 1. The molecule has 0 aromatic heterocycles. The highest BCUT2D eigenvalue weighted by molar-refractivity contribution is 6.20. The molecule has 146 valence electrons. The Bertz CT molecular complexity index is 633. The van der Waals surface area contributed by atoms with E-state index in [9.17, 15) is 19.8 Å². The fourth-order valence-electron chi connectivity index (χ4n) is 6.31. The van der Waals surface area contributed by atoms with Gasteiger partial charge in [-0.15, -0.1) is 11.6 Å². The average Bonchev–Trinajstić information content (AvgIpc) is 2.79. The van der Waals surface area contributed by atoms with Gasteiger partial charge in [-0.25, -0.2) is 0 Å². The molecule has 2 saturated carbocycles. The number of fused-ring (bicyclic) bond motifs is 1. The van der Waals surface area contributed by atoms with E-state index in [1.807, 2.05) is 0 Å². The first-order valence-corrected chi connectivity index (χ1v) is 9.91. The molecule has 0 aromatic rings. The van der Waals surface area contributed by atoms with Crippen LogP contribution in [0.1, 0.15) is 52.9 Å². The molecule has 1 heterocycles. The molecule has 0 aromatic carbocycles. The Kier molecular flexibility index (Phi) is 5.04. The third kappa shape index (κ3) is 3.23. The van der Waals surface area contributed by atoms with Gasteiger partial charge in [0.25, 0.3) is 0 Å². The van der Waals surface area contributed by atoms with E-state index in [0.29, 0.717) is 12.8 Å². The van der Waals surface area contributed by atoms with Crippen LogP contribution in [0, 0.1) is 28.6 Å². The van der Waals surface area contributed by atoms with Crippen LogP contribution in [-0.2, 0) is 9.59 Å². The lowest BCUT2D eigenvalue weighted by Crippen LogP contribution is -2.58. The number of carbonyl (C=O) groups excluding carboxylic acids is 2. The normalized spacial score (nSPS) is 43.8. The molecule has 3 fully saturated rings. The number of carbonyl (C=O) groups is 2. The molecule has 0 radical (unpaired) electrons. The van der Waals surface area contributed by atoms with Crippen molar-refractivity contribution in [1.29, 1.82) is 0 Å². The first-order chi connectivity index (χ1) is 12.0. The molecule has 3 rings (SSSR count). The molecule has 1 saturated heterocycles. The summed E-state index contributed by atoms with van der Waals surface area (Å²) in [5.41, 5.74) is 0.480. The van der Waals surface area contributed by atoms with E-state index in [2.05, 4.69) is 32.7 Å². The molecule has 5 nitrogen and oxygen atoms in total. The zero-order valence-corrected chi connectivity index (χ0v) is 16.6. The van der Waals surface area contributed by atoms with Crippen LogP contribution >= 0.6 is 11.6 Å². The number of aliphatic hydroxyl groups is 2. The van der Waals surface area contributed by atoms with E-state index < -0.39 is 24.0 Å². The minimum atomic E-state index is -0.908. The zero-order valence-electron chi connectivity index (χ0n) is 15.8. The molecular formula is C20H30ClNO4. The van der Waals surface area contributed by atoms with Gasteiger partial charge in [-0.3, -0.25) is 14.9 Å². The van der Waals surface area contributed by atoms with Crippen LogP contribution in [0.2, 0.25) is 0 Å². The molecule has 1 aliphatic heterocycles. The number of rotatable bonds is 3. The summed E-state index contributed by atoms with van der Waals surface area (Å²) in [6.07, 6.45) is 1.10. The minimum Gasteiger partial charge on any atom is -0.392 e. The second kappa shape index (κ2) is 6.61. The Hall–Kier alpha value is -0.910. The van der Waals surface area contributed by atoms with E-state index >= 15 is 0 Å². The van der Waals surface area contributed by atoms with Crippen LogP contribution in [0.4, 0.5) is 0 Å². The summed E-state index contributed by atoms with van der Waals surface area (Å²) in [5, 5.41) is 23.8. The number of amides is 2. The zero-order chi connectivity index (χ0) is 19.4. The van der Waals surface area contributed by atoms with Crippen LogP contribution in [0.5, 0.6) is 0 Å². The Morgan fingerprint density at radius 2 is 1.92 bits per heavy atom. The molecule has 7 atom stereocenters. The van der Waals surface area contributed by atoms with Crippen molar-refractivity contribution in [1.82, 2.24) is 5.32 Å². The minimum absolute atomic E-state index is 0.000324. The van der Waals surface area contributed by atoms with E-state index in [-0.39, 0.29) is 40.4 Å². The lowest BCUT2D eigenvalue weighted by atomic mass is 9.46. The lowest BCUT2D eigenvalue weighted by molar-refractivity contribution is -0.133. The third-order valence-electron chi connectivity index (χ3n) is 7.05. The average molecular weight is 384 g/mol. The summed E-state index contributed by atoms with van der Waals surface area (Å²) in [6.45, 7) is 10.6. The summed E-state index contributed by atoms with van der Waals surface area (Å²) >= 11 is 6.59. The summed E-state index contributed by atoms with van der Waals surface area (Å²) in [6, 6.07) is 0. The first-order valence-electron chi connectivity index (χ1n) is 9.47. The molecule has 3 aliphatic rings. The van der Waals surface area contributed by atoms with E-state index in [1.165, 1.54) is 0 Å². The van der Waals surface area contributed by atoms with Gasteiger partial charge in [0.15, 0.2) is 0 Å². The highest BCUT2D eigenvalue weighted by atomic mass is 35.5. The monoisotopic (exact) mass is 383 g/mol. The largest absolute Gasteiger partial charge is 0.392 e. The van der Waals surface area contributed by atoms with Gasteiger partial charge in [0, 0.05) is 11.8 Å². The number of halogens is 1. The summed E-state index contributed by atoms with van der Waals surface area (Å²) < 4.78 is 0. The van der Waals surface area contributed by atoms with Crippen molar-refractivity contribution in [2.45, 2.75) is 70.5 Å². The highest BCUT2D eigenvalue weighted by Crippen LogP contribution is 2.62. The van der Waals surface area contributed by atoms with Crippen LogP contribution in [0.15, 0.2) is 12.2 Å². The number of hydrogen-bond acceptors (Lipinski definition) is 4. The van der Waals surface area contributed by atoms with Crippen molar-refractivity contribution in [2.24, 2.45) is 28.6 Å². The summed E-state index contributed by atoms with van der Waals surface area (Å²) in [5.74, 6) is -1.43. The Labute approximate surface area is 160 Å². The maximum Gasteiger partial charge on any atom is 0.232 e. The van der Waals surface area contributed by atoms with Crippen molar-refractivity contribution >= 4 is 23.4 Å². The van der Waals surface area contributed by atoms with Crippen molar-refractivity contribution in [3.63, 3.8) is 0 Å². The predicted octanol–water partition coefficient (Wildman–Crippen LogP) is 2.39. The molecular weight excluding hydrogens is 354 g/mol. The molecule has 26 heavy (non-hydrogen) atoms. The molecule has 2 amide bonds. The van der Waals surface area contributed by atoms with Crippen LogP contribution < -0.4 is 5.32 Å². The van der Waals surface area contributed by atoms with Crippen molar-refractivity contribution in [3.8, 4) is 0 Å². The maximum atomic E-state index is 11.9. The second-order valence-electron chi connectivity index (χ2n) is 9.49. The van der Waals surface area contributed by atoms with Gasteiger partial charge in [0.2, 0.25) is 11.8 Å². The van der Waals surface area contributed by atoms with Crippen molar-refractivity contribution < 1.29 is 19.8 Å². The summed E-state index contributed by atoms with van der Waals surface area (Å²) in [4.78, 5) is 23.4. The van der Waals surface area contributed by atoms with Crippen LogP contribution in [0.3, 0.4) is 0 Å². The molecule has 0 unspecified atom stereocenters. The predicted molar refractivity (Wildman–Crippen MR) is 99.4 cm³/mol. The molecule has 6 heteroatoms. The van der Waals surface area contributed by atoms with Gasteiger partial charge < -0.3 is 10.2 Å². The number of alkyl halides is 1. The topological polar surface area (TPSA) is 86.6 Å². The molecule has 0 bridgehead atoms.